The summed E-state index contributed by atoms with van der Waals surface area (Å²) in [5, 5.41) is 8.69. The maximum Gasteiger partial charge on any atom is 1.00 e. The molecule has 16 heavy (non-hydrogen) atoms. The van der Waals surface area contributed by atoms with Gasteiger partial charge in [-0.15, -0.1) is 0 Å². The predicted octanol–water partition coefficient (Wildman–Crippen LogP) is -2.55. The van der Waals surface area contributed by atoms with Crippen molar-refractivity contribution in [1.29, 1.82) is 0 Å². The van der Waals surface area contributed by atoms with E-state index in [2.05, 4.69) is 4.18 Å². The fraction of sp³-hybridized carbons (Fsp3) is 0. The molecule has 0 heterocycles. The van der Waals surface area contributed by atoms with Crippen molar-refractivity contribution in [3.63, 3.8) is 0 Å². The molecule has 0 spiro atoms. The number of carboxylic acid groups (broad SMARTS) is 1. The first kappa shape index (κ1) is 15.3. The predicted molar refractivity (Wildman–Crippen MR) is 48.8 cm³/mol. The number of carbonyl (C=O) groups is 2. The van der Waals surface area contributed by atoms with Crippen LogP contribution in [0.5, 0.6) is 0 Å². The van der Waals surface area contributed by atoms with Crippen molar-refractivity contribution >= 4 is 23.3 Å². The number of benzene rings is 1. The first-order valence-corrected chi connectivity index (χ1v) is 4.66. The van der Waals surface area contributed by atoms with Crippen LogP contribution in [0.25, 0.3) is 0 Å². The third-order valence-corrected chi connectivity index (χ3v) is 1.81. The van der Waals surface area contributed by atoms with Gasteiger partial charge in [-0.05, 0) is 12.1 Å². The molecule has 82 valence electrons. The number of aromatic carboxylic acids is 1. The van der Waals surface area contributed by atoms with Crippen molar-refractivity contribution in [3.05, 3.63) is 35.4 Å². The molecule has 6 nitrogen and oxygen atoms in total. The number of rotatable bonds is 3. The van der Waals surface area contributed by atoms with Crippen LogP contribution >= 0.6 is 0 Å². The summed E-state index contributed by atoms with van der Waals surface area (Å²) >= 11 is -3.01. The topological polar surface area (TPSA) is 104 Å². The van der Waals surface area contributed by atoms with Crippen LogP contribution in [0.2, 0.25) is 0 Å². The Morgan fingerprint density at radius 1 is 1.31 bits per heavy atom. The standard InChI is InChI=1S/C8H6O6S.Na.H/c9-7(10)5-3-1-2-4-6(5)8(11)14-15(12)13;;/h1-4H,(H,9,10)(H,12,13);;/q;+1;-1/p-1. The van der Waals surface area contributed by atoms with Gasteiger partial charge < -0.3 is 15.3 Å². The van der Waals surface area contributed by atoms with E-state index in [1.165, 1.54) is 24.3 Å². The van der Waals surface area contributed by atoms with E-state index in [9.17, 15) is 18.4 Å². The van der Waals surface area contributed by atoms with Crippen molar-refractivity contribution in [2.45, 2.75) is 0 Å². The van der Waals surface area contributed by atoms with E-state index in [-0.39, 0.29) is 42.1 Å². The van der Waals surface area contributed by atoms with Crippen LogP contribution in [0, 0.1) is 0 Å². The molecule has 0 saturated carbocycles. The third kappa shape index (κ3) is 4.03. The number of hydrogen-bond acceptors (Lipinski definition) is 5. The number of hydrogen-bond donors (Lipinski definition) is 1. The number of carbonyl (C=O) groups excluding carboxylic acids is 1. The van der Waals surface area contributed by atoms with Gasteiger partial charge in [-0.25, -0.2) is 13.8 Å². The minimum Gasteiger partial charge on any atom is -1.00 e. The summed E-state index contributed by atoms with van der Waals surface area (Å²) in [5.74, 6) is -2.56. The van der Waals surface area contributed by atoms with Crippen molar-refractivity contribution in [3.8, 4) is 0 Å². The van der Waals surface area contributed by atoms with Gasteiger partial charge in [0.05, 0.1) is 11.1 Å². The van der Waals surface area contributed by atoms with Crippen LogP contribution in [-0.2, 0) is 15.5 Å². The van der Waals surface area contributed by atoms with Gasteiger partial charge in [0.25, 0.3) is 0 Å². The van der Waals surface area contributed by atoms with E-state index >= 15 is 0 Å². The van der Waals surface area contributed by atoms with E-state index in [4.69, 9.17) is 5.11 Å². The molecule has 0 radical (unpaired) electrons. The van der Waals surface area contributed by atoms with Gasteiger partial charge in [0, 0.05) is 0 Å². The first-order valence-electron chi connectivity index (χ1n) is 3.66. The molecule has 0 aliphatic rings. The van der Waals surface area contributed by atoms with Gasteiger partial charge in [0.1, 0.15) is 11.4 Å². The Morgan fingerprint density at radius 2 is 1.81 bits per heavy atom. The molecule has 0 aliphatic carbocycles. The Labute approximate surface area is 117 Å². The third-order valence-electron chi connectivity index (χ3n) is 1.52. The smallest absolute Gasteiger partial charge is 1.00 e. The Hall–Kier alpha value is -0.730. The van der Waals surface area contributed by atoms with E-state index in [0.29, 0.717) is 0 Å². The van der Waals surface area contributed by atoms with Crippen LogP contribution in [0.1, 0.15) is 22.1 Å². The summed E-state index contributed by atoms with van der Waals surface area (Å²) in [7, 11) is 0. The quantitative estimate of drug-likeness (QED) is 0.470. The molecule has 1 N–H and O–H groups in total. The van der Waals surface area contributed by atoms with Gasteiger partial charge >= 0.3 is 41.5 Å². The Morgan fingerprint density at radius 3 is 2.25 bits per heavy atom. The Balaban J connectivity index is 0. The molecule has 8 heteroatoms. The van der Waals surface area contributed by atoms with E-state index in [1.54, 1.807) is 0 Å². The van der Waals surface area contributed by atoms with E-state index in [0.717, 1.165) is 0 Å². The van der Waals surface area contributed by atoms with E-state index in [1.807, 2.05) is 0 Å². The summed E-state index contributed by atoms with van der Waals surface area (Å²) in [6.45, 7) is 0. The average molecular weight is 253 g/mol. The second-order valence-electron chi connectivity index (χ2n) is 2.43. The van der Waals surface area contributed by atoms with Crippen LogP contribution < -0.4 is 29.6 Å². The molecule has 1 unspecified atom stereocenters. The minimum atomic E-state index is -3.01. The van der Waals surface area contributed by atoms with Crippen molar-refractivity contribution < 1.29 is 58.6 Å². The van der Waals surface area contributed by atoms with Crippen LogP contribution in [0.15, 0.2) is 24.3 Å². The van der Waals surface area contributed by atoms with Crippen LogP contribution in [-0.4, -0.2) is 25.8 Å². The van der Waals surface area contributed by atoms with Crippen molar-refractivity contribution in [1.82, 2.24) is 0 Å². The van der Waals surface area contributed by atoms with Crippen LogP contribution in [0.3, 0.4) is 0 Å². The largest absolute Gasteiger partial charge is 1.00 e. The molecule has 1 rings (SSSR count). The molecule has 1 aromatic carbocycles. The normalized spacial score (nSPS) is 11.1. The molecule has 0 saturated heterocycles. The van der Waals surface area contributed by atoms with Gasteiger partial charge in [-0.1, -0.05) is 12.1 Å². The second kappa shape index (κ2) is 6.77. The molecular formula is C8H6NaO6S-. The first-order chi connectivity index (χ1) is 7.02. The summed E-state index contributed by atoms with van der Waals surface area (Å²) in [4.78, 5) is 21.8. The van der Waals surface area contributed by atoms with Gasteiger partial charge in [-0.3, -0.25) is 0 Å². The maximum absolute atomic E-state index is 11.1. The van der Waals surface area contributed by atoms with Gasteiger partial charge in [0.2, 0.25) is 0 Å². The number of carboxylic acids is 1. The molecular weight excluding hydrogens is 247 g/mol. The zero-order valence-electron chi connectivity index (χ0n) is 9.21. The summed E-state index contributed by atoms with van der Waals surface area (Å²) in [5.41, 5.74) is -0.623. The second-order valence-corrected chi connectivity index (χ2v) is 3.00. The summed E-state index contributed by atoms with van der Waals surface area (Å²) < 4.78 is 24.0. The molecule has 0 aliphatic heterocycles. The fourth-order valence-electron chi connectivity index (χ4n) is 0.954. The molecule has 0 aromatic heterocycles. The van der Waals surface area contributed by atoms with Crippen LogP contribution in [0.4, 0.5) is 0 Å². The van der Waals surface area contributed by atoms with Crippen molar-refractivity contribution in [2.24, 2.45) is 0 Å². The van der Waals surface area contributed by atoms with Crippen molar-refractivity contribution in [2.75, 3.05) is 0 Å². The molecule has 1 aromatic rings. The van der Waals surface area contributed by atoms with Gasteiger partial charge in [-0.2, -0.15) is 0 Å². The minimum absolute atomic E-state index is 0. The SMILES string of the molecule is O=C(O)c1ccccc1C(=O)OS(=O)[O-].[H-].[Na+]. The Bertz CT molecular complexity index is 438. The summed E-state index contributed by atoms with van der Waals surface area (Å²) in [6, 6.07) is 5.15. The molecule has 0 bridgehead atoms. The maximum atomic E-state index is 11.1. The summed E-state index contributed by atoms with van der Waals surface area (Å²) in [6.07, 6.45) is 0. The molecule has 0 fully saturated rings. The molecule has 1 atom stereocenters. The Kier molecular flexibility index (Phi) is 6.46. The monoisotopic (exact) mass is 253 g/mol. The fourth-order valence-corrected chi connectivity index (χ4v) is 1.17. The zero-order valence-corrected chi connectivity index (χ0v) is 11.0. The van der Waals surface area contributed by atoms with E-state index < -0.39 is 23.3 Å². The van der Waals surface area contributed by atoms with Gasteiger partial charge in [0.15, 0.2) is 0 Å². The zero-order chi connectivity index (χ0) is 11.4. The average Bonchev–Trinajstić information content (AvgIpc) is 2.16. The molecule has 0 amide bonds.